The van der Waals surface area contributed by atoms with E-state index in [2.05, 4.69) is 20.4 Å². The Hall–Kier alpha value is -3.34. The summed E-state index contributed by atoms with van der Waals surface area (Å²) in [7, 11) is -3.33. The summed E-state index contributed by atoms with van der Waals surface area (Å²) in [5, 5.41) is 10.4. The van der Waals surface area contributed by atoms with Crippen LogP contribution in [0.5, 0.6) is 5.75 Å². The molecular formula is C18H16F2N4O4S. The molecule has 0 spiro atoms. The van der Waals surface area contributed by atoms with Crippen molar-refractivity contribution in [3.63, 3.8) is 0 Å². The number of hydrogen-bond donors (Lipinski definition) is 1. The van der Waals surface area contributed by atoms with Gasteiger partial charge in [0.25, 0.3) is 5.91 Å². The molecule has 3 rings (SSSR count). The third-order valence-electron chi connectivity index (χ3n) is 3.96. The zero-order chi connectivity index (χ0) is 21.2. The molecule has 0 aliphatic carbocycles. The van der Waals surface area contributed by atoms with E-state index >= 15 is 0 Å². The van der Waals surface area contributed by atoms with E-state index in [4.69, 9.17) is 0 Å². The number of hydrogen-bond acceptors (Lipinski definition) is 6. The van der Waals surface area contributed by atoms with Crippen LogP contribution in [-0.2, 0) is 9.84 Å². The molecule has 29 heavy (non-hydrogen) atoms. The maximum atomic E-state index is 12.5. The van der Waals surface area contributed by atoms with Crippen molar-refractivity contribution in [3.8, 4) is 11.4 Å². The largest absolute Gasteiger partial charge is 0.435 e. The van der Waals surface area contributed by atoms with Crippen molar-refractivity contribution in [3.05, 3.63) is 59.9 Å². The molecule has 2 aromatic carbocycles. The molecular weight excluding hydrogens is 406 g/mol. The first kappa shape index (κ1) is 20.4. The lowest BCUT2D eigenvalue weighted by Gasteiger charge is -2.07. The molecule has 0 bridgehead atoms. The topological polar surface area (TPSA) is 103 Å². The summed E-state index contributed by atoms with van der Waals surface area (Å²) in [5.74, 6) is -0.532. The molecule has 0 saturated carbocycles. The first-order valence-electron chi connectivity index (χ1n) is 8.24. The Morgan fingerprint density at radius 1 is 1.10 bits per heavy atom. The number of alkyl halides is 2. The van der Waals surface area contributed by atoms with Gasteiger partial charge in [-0.3, -0.25) is 4.79 Å². The van der Waals surface area contributed by atoms with Crippen molar-refractivity contribution in [1.82, 2.24) is 15.0 Å². The van der Waals surface area contributed by atoms with Gasteiger partial charge in [0.15, 0.2) is 15.5 Å². The molecule has 3 aromatic rings. The Balaban J connectivity index is 1.77. The second-order valence-corrected chi connectivity index (χ2v) is 8.07. The van der Waals surface area contributed by atoms with Crippen LogP contribution in [-0.4, -0.2) is 42.2 Å². The Kier molecular flexibility index (Phi) is 5.59. The van der Waals surface area contributed by atoms with E-state index in [1.165, 1.54) is 53.2 Å². The maximum absolute atomic E-state index is 12.5. The van der Waals surface area contributed by atoms with Crippen molar-refractivity contribution < 1.29 is 26.7 Å². The number of carbonyl (C=O) groups excluding carboxylic acids is 1. The fraction of sp³-hybridized carbons (Fsp3) is 0.167. The van der Waals surface area contributed by atoms with Gasteiger partial charge >= 0.3 is 6.61 Å². The van der Waals surface area contributed by atoms with Crippen LogP contribution in [0, 0.1) is 6.92 Å². The SMILES string of the molecule is Cc1c(C(=O)Nc2ccc(S(C)(=O)=O)cc2)nnn1-c1ccc(OC(F)F)cc1. The van der Waals surface area contributed by atoms with Crippen LogP contribution in [0.4, 0.5) is 14.5 Å². The van der Waals surface area contributed by atoms with Crippen molar-refractivity contribution in [2.45, 2.75) is 18.4 Å². The fourth-order valence-electron chi connectivity index (χ4n) is 2.53. The molecule has 0 aliphatic rings. The van der Waals surface area contributed by atoms with Gasteiger partial charge in [0.1, 0.15) is 5.75 Å². The smallest absolute Gasteiger partial charge is 0.387 e. The normalized spacial score (nSPS) is 11.5. The molecule has 0 radical (unpaired) electrons. The highest BCUT2D eigenvalue weighted by molar-refractivity contribution is 7.90. The van der Waals surface area contributed by atoms with Crippen molar-refractivity contribution in [2.24, 2.45) is 0 Å². The highest BCUT2D eigenvalue weighted by Crippen LogP contribution is 2.20. The van der Waals surface area contributed by atoms with Gasteiger partial charge in [-0.1, -0.05) is 5.21 Å². The van der Waals surface area contributed by atoms with Gasteiger partial charge in [-0.05, 0) is 55.5 Å². The molecule has 11 heteroatoms. The number of ether oxygens (including phenoxy) is 1. The van der Waals surface area contributed by atoms with E-state index in [9.17, 15) is 22.0 Å². The molecule has 8 nitrogen and oxygen atoms in total. The molecule has 1 heterocycles. The fourth-order valence-corrected chi connectivity index (χ4v) is 3.16. The summed E-state index contributed by atoms with van der Waals surface area (Å²) in [6, 6.07) is 11.4. The Morgan fingerprint density at radius 2 is 1.72 bits per heavy atom. The summed E-state index contributed by atoms with van der Waals surface area (Å²) in [5.41, 5.74) is 1.39. The zero-order valence-electron chi connectivity index (χ0n) is 15.3. The minimum absolute atomic E-state index is 0.00275. The third-order valence-corrected chi connectivity index (χ3v) is 5.08. The van der Waals surface area contributed by atoms with E-state index in [1.54, 1.807) is 6.92 Å². The number of sulfone groups is 1. The van der Waals surface area contributed by atoms with Crippen LogP contribution in [0.15, 0.2) is 53.4 Å². The maximum Gasteiger partial charge on any atom is 0.387 e. The minimum Gasteiger partial charge on any atom is -0.435 e. The number of anilines is 1. The standard InChI is InChI=1S/C18H16F2N4O4S/c1-11-16(17(25)21-12-3-9-15(10-4-12)29(2,26)27)22-23-24(11)13-5-7-14(8-6-13)28-18(19)20/h3-10,18H,1-2H3,(H,21,25). The third kappa shape index (κ3) is 4.74. The number of halogens is 2. The Bertz CT molecular complexity index is 1130. The van der Waals surface area contributed by atoms with Crippen LogP contribution in [0.1, 0.15) is 16.2 Å². The highest BCUT2D eigenvalue weighted by Gasteiger charge is 2.18. The lowest BCUT2D eigenvalue weighted by Crippen LogP contribution is -2.14. The van der Waals surface area contributed by atoms with Gasteiger partial charge < -0.3 is 10.1 Å². The van der Waals surface area contributed by atoms with Crippen molar-refractivity contribution in [2.75, 3.05) is 11.6 Å². The number of nitrogens with zero attached hydrogens (tertiary/aromatic N) is 3. The lowest BCUT2D eigenvalue weighted by molar-refractivity contribution is -0.0498. The Labute approximate surface area is 165 Å². The molecule has 0 saturated heterocycles. The van der Waals surface area contributed by atoms with Crippen LogP contribution >= 0.6 is 0 Å². The number of aromatic nitrogens is 3. The van der Waals surface area contributed by atoms with E-state index in [-0.39, 0.29) is 16.3 Å². The molecule has 0 atom stereocenters. The van der Waals surface area contributed by atoms with E-state index in [1.807, 2.05) is 0 Å². The average Bonchev–Trinajstić information content (AvgIpc) is 3.03. The van der Waals surface area contributed by atoms with Crippen LogP contribution < -0.4 is 10.1 Å². The minimum atomic E-state index is -3.33. The predicted molar refractivity (Wildman–Crippen MR) is 100 cm³/mol. The number of benzene rings is 2. The number of rotatable bonds is 6. The second kappa shape index (κ2) is 7.95. The van der Waals surface area contributed by atoms with Gasteiger partial charge in [0.2, 0.25) is 0 Å². The number of amides is 1. The molecule has 0 unspecified atom stereocenters. The summed E-state index contributed by atoms with van der Waals surface area (Å²) in [6.07, 6.45) is 1.09. The van der Waals surface area contributed by atoms with Crippen LogP contribution in [0.3, 0.4) is 0 Å². The zero-order valence-corrected chi connectivity index (χ0v) is 16.2. The highest BCUT2D eigenvalue weighted by atomic mass is 32.2. The number of nitrogens with one attached hydrogen (secondary N) is 1. The van der Waals surface area contributed by atoms with Gasteiger partial charge in [0.05, 0.1) is 16.3 Å². The van der Waals surface area contributed by atoms with Gasteiger partial charge in [0, 0.05) is 11.9 Å². The van der Waals surface area contributed by atoms with Crippen molar-refractivity contribution >= 4 is 21.4 Å². The van der Waals surface area contributed by atoms with Crippen LogP contribution in [0.25, 0.3) is 5.69 Å². The van der Waals surface area contributed by atoms with Crippen LogP contribution in [0.2, 0.25) is 0 Å². The second-order valence-electron chi connectivity index (χ2n) is 6.06. The quantitative estimate of drug-likeness (QED) is 0.655. The van der Waals surface area contributed by atoms with Gasteiger partial charge in [-0.15, -0.1) is 5.10 Å². The average molecular weight is 422 g/mol. The number of carbonyl (C=O) groups is 1. The molecule has 1 N–H and O–H groups in total. The molecule has 1 amide bonds. The van der Waals surface area contributed by atoms with Gasteiger partial charge in [-0.2, -0.15) is 8.78 Å². The predicted octanol–water partition coefficient (Wildman–Crippen LogP) is 2.83. The van der Waals surface area contributed by atoms with E-state index in [0.29, 0.717) is 17.1 Å². The summed E-state index contributed by atoms with van der Waals surface area (Å²) < 4.78 is 53.1. The Morgan fingerprint density at radius 3 is 2.28 bits per heavy atom. The lowest BCUT2D eigenvalue weighted by atomic mass is 10.2. The van der Waals surface area contributed by atoms with E-state index < -0.39 is 22.4 Å². The molecule has 0 aliphatic heterocycles. The van der Waals surface area contributed by atoms with Crippen molar-refractivity contribution in [1.29, 1.82) is 0 Å². The van der Waals surface area contributed by atoms with Gasteiger partial charge in [-0.25, -0.2) is 13.1 Å². The summed E-state index contributed by atoms with van der Waals surface area (Å²) in [6.45, 7) is -1.29. The first-order chi connectivity index (χ1) is 13.6. The molecule has 152 valence electrons. The summed E-state index contributed by atoms with van der Waals surface area (Å²) >= 11 is 0. The van der Waals surface area contributed by atoms with E-state index in [0.717, 1.165) is 6.26 Å². The first-order valence-corrected chi connectivity index (χ1v) is 10.1. The molecule has 0 fully saturated rings. The summed E-state index contributed by atoms with van der Waals surface area (Å²) in [4.78, 5) is 12.6. The molecule has 1 aromatic heterocycles. The monoisotopic (exact) mass is 422 g/mol.